The van der Waals surface area contributed by atoms with Crippen LogP contribution in [0.3, 0.4) is 0 Å². The normalized spacial score (nSPS) is 9.67. The quantitative estimate of drug-likeness (QED) is 0.485. The van der Waals surface area contributed by atoms with Gasteiger partial charge in [0.1, 0.15) is 0 Å². The second-order valence-corrected chi connectivity index (χ2v) is 1.34. The van der Waals surface area contributed by atoms with E-state index in [-0.39, 0.29) is 0 Å². The monoisotopic (exact) mass is 132 g/mol. The molecule has 0 unspecified atom stereocenters. The summed E-state index contributed by atoms with van der Waals surface area (Å²) >= 11 is 0. The van der Waals surface area contributed by atoms with E-state index in [4.69, 9.17) is 0 Å². The van der Waals surface area contributed by atoms with Crippen molar-refractivity contribution in [3.8, 4) is 0 Å². The number of aromatic nitrogens is 1. The fourth-order valence-corrected chi connectivity index (χ4v) is 0.359. The highest BCUT2D eigenvalue weighted by atomic mass is 19.2. The first-order chi connectivity index (χ1) is 4.20. The molecule has 0 aromatic carbocycles. The van der Waals surface area contributed by atoms with Crippen molar-refractivity contribution in [2.24, 2.45) is 0 Å². The summed E-state index contributed by atoms with van der Waals surface area (Å²) in [5.74, 6) is -3.74. The van der Waals surface area contributed by atoms with Crippen LogP contribution in [0, 0.1) is 23.6 Å². The molecule has 1 aromatic heterocycles. The minimum absolute atomic E-state index is 0.554. The molecule has 0 saturated heterocycles. The standard InChI is InChI=1S/C5HF3N/c6-3-1-4(7)5(8)9-2-3/h2H. The van der Waals surface area contributed by atoms with Gasteiger partial charge in [-0.25, -0.2) is 13.8 Å². The predicted octanol–water partition coefficient (Wildman–Crippen LogP) is 1.30. The molecule has 1 nitrogen and oxygen atoms in total. The molecule has 0 N–H and O–H groups in total. The van der Waals surface area contributed by atoms with Crippen molar-refractivity contribution in [2.75, 3.05) is 0 Å². The Morgan fingerprint density at radius 2 is 2.00 bits per heavy atom. The highest BCUT2D eigenvalue weighted by molar-refractivity contribution is 4.95. The highest BCUT2D eigenvalue weighted by Crippen LogP contribution is 2.01. The first kappa shape index (κ1) is 6.07. The summed E-state index contributed by atoms with van der Waals surface area (Å²) < 4.78 is 35.5. The molecule has 1 radical (unpaired) electrons. The maximum absolute atomic E-state index is 11.8. The Morgan fingerprint density at radius 3 is 2.44 bits per heavy atom. The molecule has 0 aliphatic rings. The van der Waals surface area contributed by atoms with Crippen molar-refractivity contribution in [2.45, 2.75) is 0 Å². The number of hydrogen-bond acceptors (Lipinski definition) is 1. The molecule has 1 aromatic rings. The van der Waals surface area contributed by atoms with Crippen LogP contribution in [0.15, 0.2) is 6.20 Å². The predicted molar refractivity (Wildman–Crippen MR) is 22.9 cm³/mol. The van der Waals surface area contributed by atoms with Gasteiger partial charge >= 0.3 is 0 Å². The SMILES string of the molecule is Fc1[c]c(F)c(F)nc1. The van der Waals surface area contributed by atoms with Crippen LogP contribution in [0.4, 0.5) is 13.2 Å². The maximum atomic E-state index is 11.8. The Labute approximate surface area is 49.1 Å². The van der Waals surface area contributed by atoms with Crippen molar-refractivity contribution in [3.63, 3.8) is 0 Å². The van der Waals surface area contributed by atoms with E-state index in [0.717, 1.165) is 0 Å². The zero-order valence-corrected chi connectivity index (χ0v) is 4.16. The minimum atomic E-state index is -1.39. The van der Waals surface area contributed by atoms with Crippen LogP contribution in [-0.4, -0.2) is 4.98 Å². The van der Waals surface area contributed by atoms with Crippen LogP contribution in [-0.2, 0) is 0 Å². The van der Waals surface area contributed by atoms with Gasteiger partial charge < -0.3 is 0 Å². The summed E-state index contributed by atoms with van der Waals surface area (Å²) in [6.07, 6.45) is 0.554. The van der Waals surface area contributed by atoms with E-state index in [9.17, 15) is 13.2 Å². The van der Waals surface area contributed by atoms with Crippen molar-refractivity contribution < 1.29 is 13.2 Å². The number of pyridine rings is 1. The largest absolute Gasteiger partial charge is 0.249 e. The third kappa shape index (κ3) is 1.19. The molecule has 0 spiro atoms. The van der Waals surface area contributed by atoms with Gasteiger partial charge in [-0.15, -0.1) is 0 Å². The fraction of sp³-hybridized carbons (Fsp3) is 0. The van der Waals surface area contributed by atoms with E-state index in [2.05, 4.69) is 4.98 Å². The van der Waals surface area contributed by atoms with E-state index < -0.39 is 17.6 Å². The summed E-state index contributed by atoms with van der Waals surface area (Å²) in [6, 6.07) is 1.47. The van der Waals surface area contributed by atoms with E-state index in [1.165, 1.54) is 6.07 Å². The van der Waals surface area contributed by atoms with E-state index in [1.807, 2.05) is 0 Å². The molecule has 47 valence electrons. The van der Waals surface area contributed by atoms with Crippen LogP contribution in [0.2, 0.25) is 0 Å². The minimum Gasteiger partial charge on any atom is -0.223 e. The molecule has 0 saturated carbocycles. The van der Waals surface area contributed by atoms with Gasteiger partial charge in [0.25, 0.3) is 0 Å². The first-order valence-corrected chi connectivity index (χ1v) is 2.09. The first-order valence-electron chi connectivity index (χ1n) is 2.09. The van der Waals surface area contributed by atoms with Gasteiger partial charge in [-0.1, -0.05) is 0 Å². The van der Waals surface area contributed by atoms with Crippen LogP contribution in [0.25, 0.3) is 0 Å². The third-order valence-electron chi connectivity index (χ3n) is 0.702. The molecule has 0 atom stereocenters. The Balaban J connectivity index is 3.17. The van der Waals surface area contributed by atoms with Gasteiger partial charge in [0.2, 0.25) is 5.95 Å². The average Bonchev–Trinajstić information content (AvgIpc) is 1.80. The molecule has 4 heteroatoms. The van der Waals surface area contributed by atoms with Crippen LogP contribution in [0.5, 0.6) is 0 Å². The van der Waals surface area contributed by atoms with Crippen molar-refractivity contribution in [1.29, 1.82) is 0 Å². The molecule has 1 rings (SSSR count). The molecule has 1 heterocycles. The molecule has 0 aliphatic carbocycles. The Bertz CT molecular complexity index is 223. The zero-order chi connectivity index (χ0) is 6.85. The van der Waals surface area contributed by atoms with E-state index >= 15 is 0 Å². The third-order valence-corrected chi connectivity index (χ3v) is 0.702. The van der Waals surface area contributed by atoms with E-state index in [1.54, 1.807) is 0 Å². The van der Waals surface area contributed by atoms with Crippen LogP contribution < -0.4 is 0 Å². The topological polar surface area (TPSA) is 12.9 Å². The van der Waals surface area contributed by atoms with Crippen molar-refractivity contribution in [3.05, 3.63) is 29.8 Å². The number of halogens is 3. The van der Waals surface area contributed by atoms with E-state index in [0.29, 0.717) is 6.20 Å². The lowest BCUT2D eigenvalue weighted by Crippen LogP contribution is -1.89. The zero-order valence-electron chi connectivity index (χ0n) is 4.16. The van der Waals surface area contributed by atoms with Gasteiger partial charge in [-0.3, -0.25) is 0 Å². The maximum Gasteiger partial charge on any atom is 0.249 e. The Morgan fingerprint density at radius 1 is 1.33 bits per heavy atom. The lowest BCUT2D eigenvalue weighted by molar-refractivity contribution is 0.462. The van der Waals surface area contributed by atoms with Crippen molar-refractivity contribution in [1.82, 2.24) is 4.98 Å². The smallest absolute Gasteiger partial charge is 0.223 e. The molecule has 0 amide bonds. The second kappa shape index (κ2) is 2.05. The number of nitrogens with zero attached hydrogens (tertiary/aromatic N) is 1. The lowest BCUT2D eigenvalue weighted by atomic mass is 10.4. The summed E-state index contributed by atoms with van der Waals surface area (Å²) in [7, 11) is 0. The molecule has 0 bridgehead atoms. The molecular formula is C5HF3N. The summed E-state index contributed by atoms with van der Waals surface area (Å²) in [5.41, 5.74) is 0. The van der Waals surface area contributed by atoms with Gasteiger partial charge in [0.05, 0.1) is 12.3 Å². The van der Waals surface area contributed by atoms with Gasteiger partial charge in [0.15, 0.2) is 11.6 Å². The Hall–Kier alpha value is -1.06. The summed E-state index contributed by atoms with van der Waals surface area (Å²) in [5, 5.41) is 0. The summed E-state index contributed by atoms with van der Waals surface area (Å²) in [6.45, 7) is 0. The Kier molecular flexibility index (Phi) is 1.38. The van der Waals surface area contributed by atoms with Crippen LogP contribution in [0.1, 0.15) is 0 Å². The molecule has 0 aliphatic heterocycles. The molecule has 9 heavy (non-hydrogen) atoms. The van der Waals surface area contributed by atoms with Gasteiger partial charge in [0, 0.05) is 0 Å². The molecular weight excluding hydrogens is 131 g/mol. The van der Waals surface area contributed by atoms with Gasteiger partial charge in [-0.2, -0.15) is 4.39 Å². The molecule has 0 fully saturated rings. The average molecular weight is 132 g/mol. The summed E-state index contributed by atoms with van der Waals surface area (Å²) in [4.78, 5) is 2.73. The fourth-order valence-electron chi connectivity index (χ4n) is 0.359. The number of rotatable bonds is 0. The van der Waals surface area contributed by atoms with Crippen molar-refractivity contribution >= 4 is 0 Å². The highest BCUT2D eigenvalue weighted by Gasteiger charge is 2.02. The number of hydrogen-bond donors (Lipinski definition) is 0. The lowest BCUT2D eigenvalue weighted by Gasteiger charge is -1.87. The second-order valence-electron chi connectivity index (χ2n) is 1.34. The van der Waals surface area contributed by atoms with Crippen LogP contribution >= 0.6 is 0 Å². The van der Waals surface area contributed by atoms with Gasteiger partial charge in [-0.05, 0) is 0 Å².